The van der Waals surface area contributed by atoms with E-state index in [1.54, 1.807) is 12.1 Å². The summed E-state index contributed by atoms with van der Waals surface area (Å²) in [6, 6.07) is 6.06. The quantitative estimate of drug-likeness (QED) is 0.321. The molecule has 1 aromatic rings. The summed E-state index contributed by atoms with van der Waals surface area (Å²) in [6.45, 7) is 0. The van der Waals surface area contributed by atoms with Crippen LogP contribution >= 0.6 is 22.6 Å². The van der Waals surface area contributed by atoms with Gasteiger partial charge < -0.3 is 4.55 Å². The van der Waals surface area contributed by atoms with Gasteiger partial charge in [0.15, 0.2) is 9.84 Å². The van der Waals surface area contributed by atoms with E-state index < -0.39 is 31.5 Å². The van der Waals surface area contributed by atoms with Gasteiger partial charge in [0, 0.05) is 3.57 Å². The molecule has 0 aliphatic carbocycles. The molecule has 0 N–H and O–H groups in total. The molecule has 90 valence electrons. The van der Waals surface area contributed by atoms with E-state index in [0.29, 0.717) is 0 Å². The van der Waals surface area contributed by atoms with Gasteiger partial charge in [-0.15, -0.1) is 0 Å². The topological polar surface area (TPSA) is 91.3 Å². The molecule has 9 heteroatoms. The van der Waals surface area contributed by atoms with Crippen LogP contribution in [0.3, 0.4) is 0 Å². The third kappa shape index (κ3) is 6.50. The minimum Gasteiger partial charge on any atom is -0.748 e. The van der Waals surface area contributed by atoms with Crippen molar-refractivity contribution in [2.24, 2.45) is 0 Å². The van der Waals surface area contributed by atoms with Gasteiger partial charge in [-0.3, -0.25) is 0 Å². The Kier molecular flexibility index (Phi) is 7.15. The normalized spacial score (nSPS) is 11.9. The van der Waals surface area contributed by atoms with Crippen molar-refractivity contribution in [1.82, 2.24) is 0 Å². The molecular weight excluding hydrogens is 390 g/mol. The summed E-state index contributed by atoms with van der Waals surface area (Å²) in [7, 11) is -8.21. The van der Waals surface area contributed by atoms with Crippen LogP contribution in [0.15, 0.2) is 29.2 Å². The smallest absolute Gasteiger partial charge is 0.748 e. The standard InChI is InChI=1S/C8H9IO5S2.Na/c9-7-2-1-3-8(6-7)15(10,11)4-5-16(12,13)14;/h1-3,6H,4-5H2,(H,12,13,14);/q;+1/p-1. The monoisotopic (exact) mass is 398 g/mol. The van der Waals surface area contributed by atoms with Crippen LogP contribution in [0.5, 0.6) is 0 Å². The van der Waals surface area contributed by atoms with Gasteiger partial charge >= 0.3 is 29.6 Å². The van der Waals surface area contributed by atoms with Crippen molar-refractivity contribution < 1.29 is 50.9 Å². The Morgan fingerprint density at radius 2 is 1.71 bits per heavy atom. The minimum absolute atomic E-state index is 0. The number of halogens is 1. The molecular formula is C8H8INaO5S2. The zero-order chi connectivity index (χ0) is 12.4. The minimum atomic E-state index is -4.51. The summed E-state index contributed by atoms with van der Waals surface area (Å²) in [4.78, 5) is 0.0306. The molecule has 0 aliphatic heterocycles. The maximum absolute atomic E-state index is 11.6. The second-order valence-corrected chi connectivity index (χ2v) is 7.92. The van der Waals surface area contributed by atoms with E-state index in [4.69, 9.17) is 0 Å². The van der Waals surface area contributed by atoms with E-state index >= 15 is 0 Å². The van der Waals surface area contributed by atoms with E-state index in [-0.39, 0.29) is 34.5 Å². The van der Waals surface area contributed by atoms with Gasteiger partial charge in [0.05, 0.1) is 26.5 Å². The Labute approximate surface area is 136 Å². The van der Waals surface area contributed by atoms with Gasteiger partial charge in [-0.2, -0.15) is 0 Å². The van der Waals surface area contributed by atoms with Gasteiger partial charge in [-0.05, 0) is 40.8 Å². The van der Waals surface area contributed by atoms with Crippen molar-refractivity contribution >= 4 is 42.5 Å². The van der Waals surface area contributed by atoms with Crippen molar-refractivity contribution in [1.29, 1.82) is 0 Å². The van der Waals surface area contributed by atoms with E-state index in [0.717, 1.165) is 3.57 Å². The van der Waals surface area contributed by atoms with Crippen LogP contribution in [-0.4, -0.2) is 32.9 Å². The Morgan fingerprint density at radius 3 is 2.18 bits per heavy atom. The van der Waals surface area contributed by atoms with Gasteiger partial charge in [0.1, 0.15) is 0 Å². The molecule has 0 radical (unpaired) electrons. The second kappa shape index (κ2) is 6.83. The molecule has 1 aromatic carbocycles. The molecule has 0 fully saturated rings. The SMILES string of the molecule is O=S(=O)([O-])CCS(=O)(=O)c1cccc(I)c1.[Na+]. The summed E-state index contributed by atoms with van der Waals surface area (Å²) in [5.41, 5.74) is 0. The fourth-order valence-corrected chi connectivity index (χ4v) is 4.27. The molecule has 5 nitrogen and oxygen atoms in total. The van der Waals surface area contributed by atoms with Gasteiger partial charge in [-0.1, -0.05) is 6.07 Å². The Morgan fingerprint density at radius 1 is 1.12 bits per heavy atom. The van der Waals surface area contributed by atoms with Gasteiger partial charge in [0.25, 0.3) is 0 Å². The largest absolute Gasteiger partial charge is 1.00 e. The summed E-state index contributed by atoms with van der Waals surface area (Å²) in [5.74, 6) is -1.58. The molecule has 1 rings (SSSR count). The van der Waals surface area contributed by atoms with E-state index in [2.05, 4.69) is 0 Å². The number of hydrogen-bond acceptors (Lipinski definition) is 5. The molecule has 0 saturated heterocycles. The number of benzene rings is 1. The predicted octanol–water partition coefficient (Wildman–Crippen LogP) is -2.39. The fraction of sp³-hybridized carbons (Fsp3) is 0.250. The molecule has 17 heavy (non-hydrogen) atoms. The van der Waals surface area contributed by atoms with Crippen molar-refractivity contribution in [2.45, 2.75) is 4.90 Å². The molecule has 0 bridgehead atoms. The predicted molar refractivity (Wildman–Crippen MR) is 65.8 cm³/mol. The molecule has 0 aromatic heterocycles. The average molecular weight is 398 g/mol. The molecule has 0 amide bonds. The second-order valence-electron chi connectivity index (χ2n) is 3.04. The van der Waals surface area contributed by atoms with Crippen LogP contribution in [0.1, 0.15) is 0 Å². The maximum Gasteiger partial charge on any atom is 1.00 e. The number of hydrogen-bond donors (Lipinski definition) is 0. The molecule has 0 heterocycles. The molecule has 0 spiro atoms. The third-order valence-corrected chi connectivity index (χ3v) is 5.10. The van der Waals surface area contributed by atoms with Crippen molar-refractivity contribution in [2.75, 3.05) is 11.5 Å². The van der Waals surface area contributed by atoms with Crippen LogP contribution < -0.4 is 29.6 Å². The van der Waals surface area contributed by atoms with Crippen LogP contribution in [0.4, 0.5) is 0 Å². The first-order valence-electron chi connectivity index (χ1n) is 4.13. The summed E-state index contributed by atoms with van der Waals surface area (Å²) in [5, 5.41) is 0. The first-order valence-corrected chi connectivity index (χ1v) is 8.43. The first kappa shape index (κ1) is 17.8. The van der Waals surface area contributed by atoms with Crippen molar-refractivity contribution in [3.8, 4) is 0 Å². The first-order chi connectivity index (χ1) is 7.21. The summed E-state index contributed by atoms with van der Waals surface area (Å²) in [6.07, 6.45) is 0. The summed E-state index contributed by atoms with van der Waals surface area (Å²) < 4.78 is 55.0. The van der Waals surface area contributed by atoms with E-state index in [1.807, 2.05) is 22.6 Å². The molecule has 0 unspecified atom stereocenters. The zero-order valence-electron chi connectivity index (χ0n) is 8.96. The van der Waals surface area contributed by atoms with Crippen LogP contribution in [0, 0.1) is 3.57 Å². The average Bonchev–Trinajstić information content (AvgIpc) is 2.14. The van der Waals surface area contributed by atoms with Crippen molar-refractivity contribution in [3.63, 3.8) is 0 Å². The van der Waals surface area contributed by atoms with Gasteiger partial charge in [-0.25, -0.2) is 16.8 Å². The number of rotatable bonds is 4. The van der Waals surface area contributed by atoms with E-state index in [9.17, 15) is 21.4 Å². The summed E-state index contributed by atoms with van der Waals surface area (Å²) >= 11 is 1.95. The Bertz CT molecular complexity index is 582. The van der Waals surface area contributed by atoms with Crippen LogP contribution in [0.25, 0.3) is 0 Å². The Balaban J connectivity index is 0.00000256. The molecule has 0 aliphatic rings. The maximum atomic E-state index is 11.6. The van der Waals surface area contributed by atoms with Gasteiger partial charge in [0.2, 0.25) is 0 Å². The third-order valence-electron chi connectivity index (χ3n) is 1.76. The van der Waals surface area contributed by atoms with Crippen LogP contribution in [-0.2, 0) is 20.0 Å². The fourth-order valence-electron chi connectivity index (χ4n) is 0.990. The Hall–Kier alpha value is 0.810. The molecule has 0 saturated carbocycles. The zero-order valence-corrected chi connectivity index (χ0v) is 14.7. The number of sulfone groups is 1. The molecule has 0 atom stereocenters. The van der Waals surface area contributed by atoms with E-state index in [1.165, 1.54) is 12.1 Å². The van der Waals surface area contributed by atoms with Crippen molar-refractivity contribution in [3.05, 3.63) is 27.8 Å². The van der Waals surface area contributed by atoms with Crippen LogP contribution in [0.2, 0.25) is 0 Å².